The second kappa shape index (κ2) is 5.03. The minimum atomic E-state index is -3.67. The van der Waals surface area contributed by atoms with Gasteiger partial charge in [-0.05, 0) is 17.7 Å². The van der Waals surface area contributed by atoms with Crippen LogP contribution in [0.5, 0.6) is 5.75 Å². The molecule has 1 aromatic rings. The Morgan fingerprint density at radius 3 is 2.65 bits per heavy atom. The molecule has 0 aliphatic rings. The van der Waals surface area contributed by atoms with Crippen LogP contribution in [0.4, 0.5) is 5.69 Å². The molecule has 0 bridgehead atoms. The lowest BCUT2D eigenvalue weighted by molar-refractivity contribution is 0.476. The second-order valence-electron chi connectivity index (χ2n) is 3.58. The predicted octanol–water partition coefficient (Wildman–Crippen LogP) is 0.677. The standard InChI is InChI=1S/C10H13N3O3S/c1-13(2)17(15,16)12-9-7-8(5-6-11)3-4-10(9)14/h3-4,7,12,14H,5H2,1-2H3. The van der Waals surface area contributed by atoms with Crippen LogP contribution >= 0.6 is 0 Å². The van der Waals surface area contributed by atoms with Gasteiger partial charge in [-0.2, -0.15) is 18.0 Å². The molecule has 0 atom stereocenters. The fraction of sp³-hybridized carbons (Fsp3) is 0.300. The van der Waals surface area contributed by atoms with Gasteiger partial charge in [0.25, 0.3) is 0 Å². The van der Waals surface area contributed by atoms with Gasteiger partial charge < -0.3 is 5.11 Å². The summed E-state index contributed by atoms with van der Waals surface area (Å²) in [5, 5.41) is 18.1. The minimum Gasteiger partial charge on any atom is -0.506 e. The highest BCUT2D eigenvalue weighted by molar-refractivity contribution is 7.90. The fourth-order valence-electron chi connectivity index (χ4n) is 1.10. The number of aromatic hydroxyl groups is 1. The Labute approximate surface area is 100 Å². The molecule has 0 saturated carbocycles. The molecule has 0 aliphatic heterocycles. The molecule has 0 heterocycles. The lowest BCUT2D eigenvalue weighted by atomic mass is 10.1. The summed E-state index contributed by atoms with van der Waals surface area (Å²) < 4.78 is 26.3. The van der Waals surface area contributed by atoms with E-state index in [-0.39, 0.29) is 17.9 Å². The summed E-state index contributed by atoms with van der Waals surface area (Å²) >= 11 is 0. The first-order chi connectivity index (χ1) is 7.86. The van der Waals surface area contributed by atoms with Gasteiger partial charge in [-0.3, -0.25) is 4.72 Å². The van der Waals surface area contributed by atoms with Gasteiger partial charge in [-0.15, -0.1) is 0 Å². The Hall–Kier alpha value is -1.78. The van der Waals surface area contributed by atoms with Crippen molar-refractivity contribution in [3.05, 3.63) is 23.8 Å². The molecule has 1 rings (SSSR count). The Bertz CT molecular complexity index is 546. The number of phenolic OH excluding ortho intramolecular Hbond substituents is 1. The minimum absolute atomic E-state index is 0.0615. The summed E-state index contributed by atoms with van der Waals surface area (Å²) in [6.45, 7) is 0. The van der Waals surface area contributed by atoms with Crippen molar-refractivity contribution in [2.75, 3.05) is 18.8 Å². The summed E-state index contributed by atoms with van der Waals surface area (Å²) in [6.07, 6.45) is 0.150. The molecule has 0 aliphatic carbocycles. The molecular formula is C10H13N3O3S. The third-order valence-corrected chi connectivity index (χ3v) is 3.50. The Balaban J connectivity index is 3.07. The van der Waals surface area contributed by atoms with E-state index >= 15 is 0 Å². The predicted molar refractivity (Wildman–Crippen MR) is 63.7 cm³/mol. The van der Waals surface area contributed by atoms with Crippen LogP contribution in [-0.2, 0) is 16.6 Å². The molecule has 7 heteroatoms. The molecular weight excluding hydrogens is 242 g/mol. The summed E-state index contributed by atoms with van der Waals surface area (Å²) in [5.74, 6) is -0.183. The lowest BCUT2D eigenvalue weighted by Crippen LogP contribution is -2.29. The molecule has 0 radical (unpaired) electrons. The van der Waals surface area contributed by atoms with Crippen molar-refractivity contribution in [1.82, 2.24) is 4.31 Å². The topological polar surface area (TPSA) is 93.4 Å². The zero-order chi connectivity index (χ0) is 13.1. The van der Waals surface area contributed by atoms with Gasteiger partial charge in [0.05, 0.1) is 18.2 Å². The van der Waals surface area contributed by atoms with Crippen LogP contribution < -0.4 is 4.72 Å². The van der Waals surface area contributed by atoms with E-state index < -0.39 is 10.2 Å². The molecule has 92 valence electrons. The van der Waals surface area contributed by atoms with E-state index in [4.69, 9.17) is 5.26 Å². The Kier molecular flexibility index (Phi) is 3.93. The molecule has 0 aromatic heterocycles. The van der Waals surface area contributed by atoms with Crippen molar-refractivity contribution < 1.29 is 13.5 Å². The van der Waals surface area contributed by atoms with E-state index in [1.807, 2.05) is 6.07 Å². The monoisotopic (exact) mass is 255 g/mol. The number of nitriles is 1. The smallest absolute Gasteiger partial charge is 0.301 e. The number of hydrogen-bond acceptors (Lipinski definition) is 4. The third-order valence-electron chi connectivity index (χ3n) is 2.06. The molecule has 2 N–H and O–H groups in total. The van der Waals surface area contributed by atoms with E-state index in [1.165, 1.54) is 26.2 Å². The van der Waals surface area contributed by atoms with Gasteiger partial charge in [-0.1, -0.05) is 6.07 Å². The number of rotatable bonds is 4. The van der Waals surface area contributed by atoms with Gasteiger partial charge in [0.2, 0.25) is 0 Å². The normalized spacial score (nSPS) is 11.2. The lowest BCUT2D eigenvalue weighted by Gasteiger charge is -2.14. The van der Waals surface area contributed by atoms with Crippen LogP contribution in [-0.4, -0.2) is 31.9 Å². The first-order valence-electron chi connectivity index (χ1n) is 4.76. The van der Waals surface area contributed by atoms with Crippen molar-refractivity contribution in [3.63, 3.8) is 0 Å². The molecule has 1 aromatic carbocycles. The van der Waals surface area contributed by atoms with E-state index in [2.05, 4.69) is 4.72 Å². The maximum absolute atomic E-state index is 11.6. The molecule has 0 amide bonds. The Morgan fingerprint density at radius 2 is 2.12 bits per heavy atom. The van der Waals surface area contributed by atoms with Gasteiger partial charge in [-0.25, -0.2) is 0 Å². The van der Waals surface area contributed by atoms with E-state index in [1.54, 1.807) is 6.07 Å². The van der Waals surface area contributed by atoms with Crippen LogP contribution in [0.2, 0.25) is 0 Å². The van der Waals surface area contributed by atoms with Crippen molar-refractivity contribution >= 4 is 15.9 Å². The number of phenols is 1. The fourth-order valence-corrected chi connectivity index (χ4v) is 1.72. The van der Waals surface area contributed by atoms with E-state index in [0.29, 0.717) is 5.56 Å². The van der Waals surface area contributed by atoms with Gasteiger partial charge in [0.1, 0.15) is 5.75 Å². The molecule has 17 heavy (non-hydrogen) atoms. The number of anilines is 1. The van der Waals surface area contributed by atoms with Crippen molar-refractivity contribution in [2.45, 2.75) is 6.42 Å². The number of benzene rings is 1. The van der Waals surface area contributed by atoms with Crippen LogP contribution in [0.15, 0.2) is 18.2 Å². The number of nitrogens with zero attached hydrogens (tertiary/aromatic N) is 2. The highest BCUT2D eigenvalue weighted by Crippen LogP contribution is 2.25. The summed E-state index contributed by atoms with van der Waals surface area (Å²) in [5.41, 5.74) is 0.688. The maximum Gasteiger partial charge on any atom is 0.301 e. The zero-order valence-electron chi connectivity index (χ0n) is 9.51. The molecule has 0 spiro atoms. The van der Waals surface area contributed by atoms with E-state index in [0.717, 1.165) is 4.31 Å². The van der Waals surface area contributed by atoms with Crippen LogP contribution in [0.3, 0.4) is 0 Å². The number of hydrogen-bond donors (Lipinski definition) is 2. The summed E-state index contributed by atoms with van der Waals surface area (Å²) in [4.78, 5) is 0. The molecule has 0 unspecified atom stereocenters. The zero-order valence-corrected chi connectivity index (χ0v) is 10.3. The number of nitrogens with one attached hydrogen (secondary N) is 1. The molecule has 0 fully saturated rings. The van der Waals surface area contributed by atoms with Crippen molar-refractivity contribution in [1.29, 1.82) is 5.26 Å². The van der Waals surface area contributed by atoms with Crippen LogP contribution in [0.25, 0.3) is 0 Å². The average Bonchev–Trinajstić information content (AvgIpc) is 2.23. The molecule has 0 saturated heterocycles. The Morgan fingerprint density at radius 1 is 1.47 bits per heavy atom. The SMILES string of the molecule is CN(C)S(=O)(=O)Nc1cc(CC#N)ccc1O. The van der Waals surface area contributed by atoms with E-state index in [9.17, 15) is 13.5 Å². The van der Waals surface area contributed by atoms with Crippen LogP contribution in [0.1, 0.15) is 5.56 Å². The highest BCUT2D eigenvalue weighted by atomic mass is 32.2. The first-order valence-corrected chi connectivity index (χ1v) is 6.20. The maximum atomic E-state index is 11.6. The van der Waals surface area contributed by atoms with Crippen molar-refractivity contribution in [3.8, 4) is 11.8 Å². The largest absolute Gasteiger partial charge is 0.506 e. The quantitative estimate of drug-likeness (QED) is 0.773. The third kappa shape index (κ3) is 3.34. The summed E-state index contributed by atoms with van der Waals surface area (Å²) in [6, 6.07) is 6.29. The van der Waals surface area contributed by atoms with Gasteiger partial charge >= 0.3 is 10.2 Å². The van der Waals surface area contributed by atoms with Crippen molar-refractivity contribution in [2.24, 2.45) is 0 Å². The van der Waals surface area contributed by atoms with Crippen LogP contribution in [0, 0.1) is 11.3 Å². The summed E-state index contributed by atoms with van der Waals surface area (Å²) in [7, 11) is -0.918. The van der Waals surface area contributed by atoms with Gasteiger partial charge in [0.15, 0.2) is 0 Å². The van der Waals surface area contributed by atoms with Gasteiger partial charge in [0, 0.05) is 14.1 Å². The molecule has 6 nitrogen and oxygen atoms in total. The first kappa shape index (κ1) is 13.3. The highest BCUT2D eigenvalue weighted by Gasteiger charge is 2.15. The second-order valence-corrected chi connectivity index (χ2v) is 5.46. The average molecular weight is 255 g/mol.